The van der Waals surface area contributed by atoms with Crippen molar-refractivity contribution in [1.82, 2.24) is 0 Å². The van der Waals surface area contributed by atoms with Gasteiger partial charge in [0.15, 0.2) is 6.10 Å². The van der Waals surface area contributed by atoms with E-state index in [4.69, 9.17) is 24.3 Å². The lowest BCUT2D eigenvalue weighted by atomic mass is 10.0. The van der Waals surface area contributed by atoms with Crippen LogP contribution in [0, 0.1) is 0 Å². The Labute approximate surface area is 601 Å². The summed E-state index contributed by atoms with van der Waals surface area (Å²) in [6.45, 7) is 3.68. The minimum Gasteiger partial charge on any atom is -0.462 e. The Morgan fingerprint density at radius 2 is 0.567 bits per heavy atom. The summed E-state index contributed by atoms with van der Waals surface area (Å²) in [6, 6.07) is 0. The summed E-state index contributed by atoms with van der Waals surface area (Å²) in [4.78, 5) is 35.5. The van der Waals surface area contributed by atoms with Gasteiger partial charge in [0.1, 0.15) is 6.61 Å². The fourth-order valence-electron chi connectivity index (χ4n) is 12.3. The molecule has 0 radical (unpaired) electrons. The SMILES string of the molecule is CC/C=C\C/C=C\C/C=C\C/C=C\C/C=C\C/C=C\CCCCCCCCCCCCCCCCCCCCC(=O)OC(COC(=O)CCCCCCCCCCCCCCCCCCCCCCCCCCCCC/C=C\C/C=C\CCCCCCC)COP(=O)(O)OCCN. The molecule has 0 fully saturated rings. The van der Waals surface area contributed by atoms with Crippen LogP contribution in [0.15, 0.2) is 97.2 Å². The van der Waals surface area contributed by atoms with Crippen molar-refractivity contribution >= 4 is 19.8 Å². The lowest BCUT2D eigenvalue weighted by molar-refractivity contribution is -0.161. The zero-order valence-electron chi connectivity index (χ0n) is 63.8. The van der Waals surface area contributed by atoms with Gasteiger partial charge in [-0.25, -0.2) is 4.57 Å². The Hall–Kier alpha value is -3.07. The summed E-state index contributed by atoms with van der Waals surface area (Å²) in [7, 11) is -4.40. The first-order valence-electron chi connectivity index (χ1n) is 41.7. The number of unbranched alkanes of at least 4 members (excludes halogenated alkanes) is 50. The Balaban J connectivity index is 3.76. The van der Waals surface area contributed by atoms with Crippen LogP contribution in [0.1, 0.15) is 412 Å². The number of hydrogen-bond acceptors (Lipinski definition) is 8. The number of esters is 2. The number of allylic oxidation sites excluding steroid dienone is 16. The average Bonchev–Trinajstić information content (AvgIpc) is 2.17. The Morgan fingerprint density at radius 3 is 0.845 bits per heavy atom. The van der Waals surface area contributed by atoms with Crippen LogP contribution in [0.3, 0.4) is 0 Å². The van der Waals surface area contributed by atoms with E-state index in [1.165, 1.54) is 295 Å². The highest BCUT2D eigenvalue weighted by Gasteiger charge is 2.26. The van der Waals surface area contributed by atoms with E-state index < -0.39 is 26.5 Å². The largest absolute Gasteiger partial charge is 0.472 e. The van der Waals surface area contributed by atoms with Gasteiger partial charge in [0, 0.05) is 19.4 Å². The molecular formula is C87H158NO8P. The fourth-order valence-corrected chi connectivity index (χ4v) is 13.1. The molecule has 0 rings (SSSR count). The zero-order valence-corrected chi connectivity index (χ0v) is 64.7. The third-order valence-corrected chi connectivity index (χ3v) is 19.4. The summed E-state index contributed by atoms with van der Waals surface area (Å²) in [6.07, 6.45) is 113. The summed E-state index contributed by atoms with van der Waals surface area (Å²) in [5.74, 6) is -0.808. The smallest absolute Gasteiger partial charge is 0.462 e. The standard InChI is InChI=1S/C87H158NO8P/c1-3-5-7-9-11-13-15-17-19-21-23-25-27-29-31-33-35-37-39-41-42-44-45-47-49-51-53-55-57-59-61-63-65-67-69-71-73-75-77-79-86(89)93-83-85(84-95-97(91,92)94-82-81-88)96-87(90)80-78-76-74-72-70-68-66-64-62-60-58-56-54-52-50-48-46-43-40-38-36-34-32-30-28-26-24-22-20-18-16-14-12-10-8-6-4-2/h6,8,12,14-15,17-18,20-21,23-24,26,30,32,36,38,85H,3-5,7,9-11,13,16,19,22,25,27-29,31,33-35,37,39-84,88H2,1-2H3,(H,91,92)/b8-6-,14-12-,17-15-,20-18-,23-21-,26-24-,32-30-,38-36-. The molecule has 0 aromatic rings. The third-order valence-electron chi connectivity index (χ3n) is 18.5. The molecule has 564 valence electrons. The average molecular weight is 1380 g/mol. The molecule has 0 spiro atoms. The summed E-state index contributed by atoms with van der Waals surface area (Å²) < 4.78 is 33.3. The molecule has 0 aliphatic heterocycles. The van der Waals surface area contributed by atoms with Gasteiger partial charge >= 0.3 is 19.8 Å². The number of ether oxygens (including phenoxy) is 2. The quantitative estimate of drug-likeness (QED) is 0.0264. The second kappa shape index (κ2) is 81.9. The summed E-state index contributed by atoms with van der Waals surface area (Å²) >= 11 is 0. The highest BCUT2D eigenvalue weighted by atomic mass is 31.2. The van der Waals surface area contributed by atoms with Gasteiger partial charge in [-0.2, -0.15) is 0 Å². The molecule has 9 nitrogen and oxygen atoms in total. The molecule has 2 atom stereocenters. The molecule has 0 bridgehead atoms. The van der Waals surface area contributed by atoms with Gasteiger partial charge in [-0.05, 0) is 96.3 Å². The van der Waals surface area contributed by atoms with Gasteiger partial charge in [-0.1, -0.05) is 400 Å². The molecule has 0 aliphatic carbocycles. The van der Waals surface area contributed by atoms with E-state index in [0.717, 1.165) is 83.5 Å². The van der Waals surface area contributed by atoms with Gasteiger partial charge in [0.2, 0.25) is 0 Å². The van der Waals surface area contributed by atoms with Crippen molar-refractivity contribution in [3.8, 4) is 0 Å². The number of rotatable bonds is 79. The van der Waals surface area contributed by atoms with Gasteiger partial charge in [0.05, 0.1) is 13.2 Å². The number of phosphoric ester groups is 1. The van der Waals surface area contributed by atoms with Crippen molar-refractivity contribution in [2.45, 2.75) is 418 Å². The fraction of sp³-hybridized carbons (Fsp3) is 0.793. The van der Waals surface area contributed by atoms with E-state index in [0.29, 0.717) is 6.42 Å². The van der Waals surface area contributed by atoms with Crippen LogP contribution >= 0.6 is 7.82 Å². The molecule has 2 unspecified atom stereocenters. The van der Waals surface area contributed by atoms with E-state index in [9.17, 15) is 19.0 Å². The van der Waals surface area contributed by atoms with E-state index in [1.54, 1.807) is 0 Å². The molecule has 0 heterocycles. The van der Waals surface area contributed by atoms with Crippen molar-refractivity contribution in [1.29, 1.82) is 0 Å². The number of carbonyl (C=O) groups excluding carboxylic acids is 2. The van der Waals surface area contributed by atoms with Crippen LogP contribution in [0.2, 0.25) is 0 Å². The maximum atomic E-state index is 12.8. The highest BCUT2D eigenvalue weighted by molar-refractivity contribution is 7.47. The Morgan fingerprint density at radius 1 is 0.320 bits per heavy atom. The van der Waals surface area contributed by atoms with Crippen molar-refractivity contribution in [3.63, 3.8) is 0 Å². The maximum Gasteiger partial charge on any atom is 0.472 e. The van der Waals surface area contributed by atoms with Crippen molar-refractivity contribution in [2.75, 3.05) is 26.4 Å². The maximum absolute atomic E-state index is 12.8. The number of phosphoric acid groups is 1. The molecule has 0 aromatic heterocycles. The second-order valence-electron chi connectivity index (χ2n) is 28.0. The first-order valence-corrected chi connectivity index (χ1v) is 43.2. The number of carbonyl (C=O) groups is 2. The van der Waals surface area contributed by atoms with Crippen molar-refractivity contribution in [2.24, 2.45) is 5.73 Å². The van der Waals surface area contributed by atoms with E-state index in [2.05, 4.69) is 111 Å². The van der Waals surface area contributed by atoms with Crippen molar-refractivity contribution in [3.05, 3.63) is 97.2 Å². The number of hydrogen-bond donors (Lipinski definition) is 2. The normalized spacial score (nSPS) is 13.3. The molecule has 0 amide bonds. The van der Waals surface area contributed by atoms with E-state index in [1.807, 2.05) is 0 Å². The van der Waals surface area contributed by atoms with E-state index in [-0.39, 0.29) is 38.6 Å². The second-order valence-corrected chi connectivity index (χ2v) is 29.4. The van der Waals surface area contributed by atoms with Crippen molar-refractivity contribution < 1.29 is 37.6 Å². The van der Waals surface area contributed by atoms with Gasteiger partial charge in [-0.15, -0.1) is 0 Å². The van der Waals surface area contributed by atoms with Gasteiger partial charge in [-0.3, -0.25) is 18.6 Å². The predicted octanol–water partition coefficient (Wildman–Crippen LogP) is 28.2. The molecule has 10 heteroatoms. The molecule has 0 saturated carbocycles. The van der Waals surface area contributed by atoms with E-state index >= 15 is 0 Å². The predicted molar refractivity (Wildman–Crippen MR) is 422 cm³/mol. The van der Waals surface area contributed by atoms with Crippen LogP contribution < -0.4 is 5.73 Å². The Kier molecular flexibility index (Phi) is 79.3. The molecule has 0 saturated heterocycles. The molecule has 97 heavy (non-hydrogen) atoms. The minimum atomic E-state index is -4.40. The molecule has 3 N–H and O–H groups in total. The summed E-state index contributed by atoms with van der Waals surface area (Å²) in [5.41, 5.74) is 5.42. The molecule has 0 aromatic carbocycles. The third kappa shape index (κ3) is 81.8. The van der Waals surface area contributed by atoms with Gasteiger partial charge < -0.3 is 20.1 Å². The topological polar surface area (TPSA) is 134 Å². The monoisotopic (exact) mass is 1380 g/mol. The highest BCUT2D eigenvalue weighted by Crippen LogP contribution is 2.43. The first kappa shape index (κ1) is 93.9. The minimum absolute atomic E-state index is 0.0535. The Bertz CT molecular complexity index is 1920. The molecule has 0 aliphatic rings. The molecular weight excluding hydrogens is 1220 g/mol. The van der Waals surface area contributed by atoms with Crippen LogP contribution in [0.5, 0.6) is 0 Å². The van der Waals surface area contributed by atoms with Crippen LogP contribution in [0.4, 0.5) is 0 Å². The van der Waals surface area contributed by atoms with Gasteiger partial charge in [0.25, 0.3) is 0 Å². The van der Waals surface area contributed by atoms with Crippen LogP contribution in [0.25, 0.3) is 0 Å². The lowest BCUT2D eigenvalue weighted by Gasteiger charge is -2.19. The number of nitrogens with two attached hydrogens (primary N) is 1. The van der Waals surface area contributed by atoms with Crippen LogP contribution in [-0.4, -0.2) is 49.3 Å². The zero-order chi connectivity index (χ0) is 70.0. The summed E-state index contributed by atoms with van der Waals surface area (Å²) in [5, 5.41) is 0. The lowest BCUT2D eigenvalue weighted by Crippen LogP contribution is -2.29. The first-order chi connectivity index (χ1) is 47.8. The van der Waals surface area contributed by atoms with Crippen LogP contribution in [-0.2, 0) is 32.7 Å².